The van der Waals surface area contributed by atoms with Gasteiger partial charge in [-0.25, -0.2) is 18.0 Å². The molecular formula is C41H46F6O8SSi. The molecule has 0 amide bonds. The number of hydrogen-bond donors (Lipinski definition) is 2. The number of ether oxygens (including phenoxy) is 2. The van der Waals surface area contributed by atoms with Crippen molar-refractivity contribution in [1.29, 1.82) is 0 Å². The zero-order valence-corrected chi connectivity index (χ0v) is 32.3. The quantitative estimate of drug-likeness (QED) is 0.0532. The minimum absolute atomic E-state index is 0. The SMILES string of the molecule is C.C=C(CC(O)C(F)(F)F)C(=O)OCC.C=C(CS(=O)(=O)c1ccccc1)C(=O)OCC.OC(C(F)(F)F)[Si](c1ccccc1)(c1ccccc1)c1ccccc1. The smallest absolute Gasteiger partial charge is 0.414 e. The summed E-state index contributed by atoms with van der Waals surface area (Å²) in [5.41, 5.74) is -2.90. The van der Waals surface area contributed by atoms with Crippen LogP contribution in [0.1, 0.15) is 27.7 Å². The summed E-state index contributed by atoms with van der Waals surface area (Å²) in [4.78, 5) is 22.2. The molecule has 0 aliphatic heterocycles. The van der Waals surface area contributed by atoms with E-state index >= 15 is 0 Å². The van der Waals surface area contributed by atoms with Crippen LogP contribution in [0, 0.1) is 0 Å². The molecule has 4 aromatic carbocycles. The number of carbonyl (C=O) groups is 2. The van der Waals surface area contributed by atoms with E-state index in [1.807, 2.05) is 0 Å². The molecule has 4 aromatic rings. The second kappa shape index (κ2) is 22.6. The molecule has 0 aliphatic rings. The highest BCUT2D eigenvalue weighted by atomic mass is 32.2. The Balaban J connectivity index is 0.000000448. The number of rotatable bonds is 13. The maximum absolute atomic E-state index is 13.8. The molecule has 0 saturated heterocycles. The van der Waals surface area contributed by atoms with Crippen molar-refractivity contribution in [3.8, 4) is 0 Å². The number of hydrogen-bond acceptors (Lipinski definition) is 8. The molecule has 0 aromatic heterocycles. The lowest BCUT2D eigenvalue weighted by Crippen LogP contribution is -2.77. The van der Waals surface area contributed by atoms with Crippen LogP contribution in [0.3, 0.4) is 0 Å². The monoisotopic (exact) mass is 840 g/mol. The summed E-state index contributed by atoms with van der Waals surface area (Å²) >= 11 is 0. The first-order valence-electron chi connectivity index (χ1n) is 16.9. The first kappa shape index (κ1) is 50.0. The predicted octanol–water partition coefficient (Wildman–Crippen LogP) is 6.25. The fraction of sp³-hybridized carbons (Fsp3) is 0.268. The number of benzene rings is 4. The number of sulfone groups is 1. The molecule has 2 atom stereocenters. The van der Waals surface area contributed by atoms with Crippen LogP contribution in [0.25, 0.3) is 0 Å². The molecule has 2 N–H and O–H groups in total. The van der Waals surface area contributed by atoms with E-state index < -0.39 is 71.8 Å². The Bertz CT molecular complexity index is 1860. The van der Waals surface area contributed by atoms with E-state index in [2.05, 4.69) is 22.6 Å². The number of halogens is 6. The summed E-state index contributed by atoms with van der Waals surface area (Å²) in [6, 6.07) is 33.6. The number of aliphatic hydroxyl groups is 2. The van der Waals surface area contributed by atoms with Crippen LogP contribution in [0.5, 0.6) is 0 Å². The molecule has 16 heteroatoms. The normalized spacial score (nSPS) is 12.5. The molecule has 0 fully saturated rings. The zero-order valence-electron chi connectivity index (χ0n) is 30.5. The van der Waals surface area contributed by atoms with Gasteiger partial charge in [-0.3, -0.25) is 0 Å². The molecule has 0 radical (unpaired) electrons. The lowest BCUT2D eigenvalue weighted by atomic mass is 10.1. The van der Waals surface area contributed by atoms with Gasteiger partial charge < -0.3 is 19.7 Å². The van der Waals surface area contributed by atoms with Crippen molar-refractivity contribution in [1.82, 2.24) is 0 Å². The van der Waals surface area contributed by atoms with Crippen molar-refractivity contribution in [3.63, 3.8) is 0 Å². The molecule has 0 heterocycles. The molecule has 310 valence electrons. The van der Waals surface area contributed by atoms with Gasteiger partial charge in [-0.05, 0) is 41.5 Å². The summed E-state index contributed by atoms with van der Waals surface area (Å²) < 4.78 is 110. The van der Waals surface area contributed by atoms with Crippen LogP contribution >= 0.6 is 0 Å². The Morgan fingerprint density at radius 2 is 0.965 bits per heavy atom. The lowest BCUT2D eigenvalue weighted by Gasteiger charge is -2.38. The minimum atomic E-state index is -4.74. The van der Waals surface area contributed by atoms with Crippen LogP contribution < -0.4 is 15.6 Å². The van der Waals surface area contributed by atoms with E-state index in [0.717, 1.165) is 0 Å². The van der Waals surface area contributed by atoms with Gasteiger partial charge in [-0.1, -0.05) is 130 Å². The van der Waals surface area contributed by atoms with Crippen molar-refractivity contribution in [2.75, 3.05) is 19.0 Å². The van der Waals surface area contributed by atoms with E-state index in [0.29, 0.717) is 15.6 Å². The van der Waals surface area contributed by atoms with E-state index in [4.69, 9.17) is 5.11 Å². The highest BCUT2D eigenvalue weighted by Crippen LogP contribution is 2.28. The van der Waals surface area contributed by atoms with Gasteiger partial charge in [0.15, 0.2) is 29.7 Å². The number of alkyl halides is 6. The molecule has 4 rings (SSSR count). The summed E-state index contributed by atoms with van der Waals surface area (Å²) in [5, 5.41) is 20.7. The van der Waals surface area contributed by atoms with Crippen LogP contribution in [0.2, 0.25) is 0 Å². The standard InChI is InChI=1S/C20H17F3OSi.C12H14O4S.C8H11F3O3.CH4/c21-20(22,23)19(24)25(16-10-4-1-5-11-16,17-12-6-2-7-13-17)18-14-8-3-9-15-18;1-3-16-12(13)10(2)9-17(14,15)11-7-5-4-6-8-11;1-3-14-7(13)5(2)4-6(12)8(9,10)11;/h1-15,19,24H;4-8H,2-3,9H2,1H3;6,12H,2-4H2,1H3;1H4. The summed E-state index contributed by atoms with van der Waals surface area (Å²) in [6.45, 7) is 9.94. The molecule has 8 nitrogen and oxygen atoms in total. The maximum atomic E-state index is 13.8. The highest BCUT2D eigenvalue weighted by molar-refractivity contribution is 7.91. The summed E-state index contributed by atoms with van der Waals surface area (Å²) in [7, 11) is -7.26. The second-order valence-corrected chi connectivity index (χ2v) is 17.7. The second-order valence-electron chi connectivity index (χ2n) is 11.8. The molecule has 0 spiro atoms. The Morgan fingerprint density at radius 1 is 0.632 bits per heavy atom. The third-order valence-corrected chi connectivity index (χ3v) is 14.4. The highest BCUT2D eigenvalue weighted by Gasteiger charge is 2.57. The molecular weight excluding hydrogens is 795 g/mol. The fourth-order valence-corrected chi connectivity index (χ4v) is 11.1. The largest absolute Gasteiger partial charge is 0.463 e. The van der Waals surface area contributed by atoms with Gasteiger partial charge in [0, 0.05) is 17.6 Å². The van der Waals surface area contributed by atoms with Crippen LogP contribution in [0.15, 0.2) is 151 Å². The molecule has 0 saturated carbocycles. The van der Waals surface area contributed by atoms with Crippen molar-refractivity contribution in [2.45, 2.75) is 56.8 Å². The van der Waals surface area contributed by atoms with Gasteiger partial charge in [0.1, 0.15) is 0 Å². The van der Waals surface area contributed by atoms with E-state index in [1.165, 1.54) is 19.1 Å². The average molecular weight is 841 g/mol. The van der Waals surface area contributed by atoms with Gasteiger partial charge in [0.2, 0.25) is 0 Å². The maximum Gasteiger partial charge on any atom is 0.414 e. The first-order chi connectivity index (χ1) is 26.2. The first-order valence-corrected chi connectivity index (χ1v) is 20.6. The zero-order chi connectivity index (χ0) is 42.2. The third-order valence-electron chi connectivity index (χ3n) is 7.82. The van der Waals surface area contributed by atoms with Gasteiger partial charge in [-0.15, -0.1) is 0 Å². The van der Waals surface area contributed by atoms with Gasteiger partial charge in [-0.2, -0.15) is 26.3 Å². The van der Waals surface area contributed by atoms with E-state index in [1.54, 1.807) is 116 Å². The Kier molecular flexibility index (Phi) is 19.9. The summed E-state index contributed by atoms with van der Waals surface area (Å²) in [6.07, 6.45) is -12.9. The van der Waals surface area contributed by atoms with Crippen molar-refractivity contribution in [2.24, 2.45) is 0 Å². The number of aliphatic hydroxyl groups excluding tert-OH is 2. The van der Waals surface area contributed by atoms with Gasteiger partial charge >= 0.3 is 24.3 Å². The van der Waals surface area contributed by atoms with Gasteiger partial charge in [0.25, 0.3) is 0 Å². The van der Waals surface area contributed by atoms with E-state index in [-0.39, 0.29) is 31.1 Å². The number of carbonyl (C=O) groups excluding carboxylic acids is 2. The molecule has 0 bridgehead atoms. The predicted molar refractivity (Wildman–Crippen MR) is 209 cm³/mol. The fourth-order valence-electron chi connectivity index (χ4n) is 5.22. The van der Waals surface area contributed by atoms with E-state index in [9.17, 15) is 49.5 Å². The van der Waals surface area contributed by atoms with Crippen LogP contribution in [-0.4, -0.2) is 81.8 Å². The lowest BCUT2D eigenvalue weighted by molar-refractivity contribution is -0.203. The molecule has 57 heavy (non-hydrogen) atoms. The Labute approximate surface area is 330 Å². The van der Waals surface area contributed by atoms with Crippen molar-refractivity contribution in [3.05, 3.63) is 146 Å². The molecule has 0 aliphatic carbocycles. The van der Waals surface area contributed by atoms with Crippen LogP contribution in [0.4, 0.5) is 26.3 Å². The Morgan fingerprint density at radius 3 is 1.28 bits per heavy atom. The Hall–Kier alpha value is -5.03. The topological polar surface area (TPSA) is 127 Å². The summed E-state index contributed by atoms with van der Waals surface area (Å²) in [5.74, 6) is -2.02. The minimum Gasteiger partial charge on any atom is -0.463 e. The van der Waals surface area contributed by atoms with Crippen molar-refractivity contribution < 1.29 is 64.0 Å². The van der Waals surface area contributed by atoms with Crippen LogP contribution in [-0.2, 0) is 28.9 Å². The third kappa shape index (κ3) is 14.4. The number of esters is 2. The molecule has 2 unspecified atom stereocenters. The van der Waals surface area contributed by atoms with Crippen molar-refractivity contribution >= 4 is 45.4 Å². The average Bonchev–Trinajstić information content (AvgIpc) is 3.16. The van der Waals surface area contributed by atoms with Gasteiger partial charge in [0.05, 0.1) is 23.9 Å².